The Morgan fingerprint density at radius 3 is 2.73 bits per heavy atom. The lowest BCUT2D eigenvalue weighted by atomic mass is 9.80. The average molecular weight is 208 g/mol. The van der Waals surface area contributed by atoms with E-state index >= 15 is 0 Å². The zero-order valence-corrected chi connectivity index (χ0v) is 9.71. The molecule has 2 aliphatic rings. The van der Waals surface area contributed by atoms with Crippen LogP contribution in [0.1, 0.15) is 52.4 Å². The van der Waals surface area contributed by atoms with Crippen LogP contribution >= 0.6 is 0 Å². The Kier molecular flexibility index (Phi) is 3.13. The minimum absolute atomic E-state index is 0.345. The van der Waals surface area contributed by atoms with Crippen LogP contribution < -0.4 is 0 Å². The highest BCUT2D eigenvalue weighted by Gasteiger charge is 2.34. The van der Waals surface area contributed by atoms with Gasteiger partial charge in [-0.15, -0.1) is 0 Å². The van der Waals surface area contributed by atoms with Crippen molar-refractivity contribution in [3.05, 3.63) is 11.3 Å². The van der Waals surface area contributed by atoms with Crippen molar-refractivity contribution in [2.24, 2.45) is 5.92 Å². The molecule has 2 nitrogen and oxygen atoms in total. The molecule has 0 aromatic rings. The molecule has 0 amide bonds. The Morgan fingerprint density at radius 1 is 1.27 bits per heavy atom. The van der Waals surface area contributed by atoms with E-state index < -0.39 is 0 Å². The van der Waals surface area contributed by atoms with E-state index in [1.807, 2.05) is 0 Å². The second-order valence-electron chi connectivity index (χ2n) is 4.60. The highest BCUT2D eigenvalue weighted by molar-refractivity contribution is 5.97. The number of ketones is 1. The van der Waals surface area contributed by atoms with Gasteiger partial charge >= 0.3 is 0 Å². The smallest absolute Gasteiger partial charge is 0.162 e. The zero-order valence-electron chi connectivity index (χ0n) is 9.71. The molecule has 0 radical (unpaired) electrons. The number of carbonyl (C=O) groups excluding carboxylic acids is 1. The van der Waals surface area contributed by atoms with Crippen LogP contribution in [0.3, 0.4) is 0 Å². The van der Waals surface area contributed by atoms with Crippen molar-refractivity contribution in [3.63, 3.8) is 0 Å². The van der Waals surface area contributed by atoms with E-state index in [9.17, 15) is 4.79 Å². The van der Waals surface area contributed by atoms with Crippen LogP contribution in [0, 0.1) is 5.92 Å². The molecule has 2 rings (SSSR count). The van der Waals surface area contributed by atoms with Crippen molar-refractivity contribution in [2.45, 2.75) is 58.5 Å². The summed E-state index contributed by atoms with van der Waals surface area (Å²) >= 11 is 0. The Morgan fingerprint density at radius 2 is 2.07 bits per heavy atom. The van der Waals surface area contributed by atoms with Gasteiger partial charge in [-0.25, -0.2) is 0 Å². The van der Waals surface area contributed by atoms with Crippen LogP contribution in [0.2, 0.25) is 0 Å². The predicted octanol–water partition coefficient (Wildman–Crippen LogP) is 3.22. The van der Waals surface area contributed by atoms with Gasteiger partial charge in [-0.05, 0) is 31.6 Å². The van der Waals surface area contributed by atoms with E-state index in [-0.39, 0.29) is 0 Å². The van der Waals surface area contributed by atoms with Crippen LogP contribution in [0.25, 0.3) is 0 Å². The topological polar surface area (TPSA) is 26.3 Å². The molecule has 84 valence electrons. The molecule has 2 heteroatoms. The third kappa shape index (κ3) is 1.95. The minimum Gasteiger partial charge on any atom is -0.494 e. The number of allylic oxidation sites excluding steroid dienone is 2. The molecule has 1 unspecified atom stereocenters. The summed E-state index contributed by atoms with van der Waals surface area (Å²) in [5.41, 5.74) is 1.04. The summed E-state index contributed by atoms with van der Waals surface area (Å²) in [6.07, 6.45) is 6.21. The van der Waals surface area contributed by atoms with Gasteiger partial charge in [0.15, 0.2) is 5.78 Å². The van der Waals surface area contributed by atoms with Gasteiger partial charge in [0.2, 0.25) is 0 Å². The van der Waals surface area contributed by atoms with Gasteiger partial charge in [-0.2, -0.15) is 0 Å². The molecule has 1 heterocycles. The van der Waals surface area contributed by atoms with Gasteiger partial charge in [0.1, 0.15) is 5.76 Å². The maximum absolute atomic E-state index is 11.9. The van der Waals surface area contributed by atoms with Crippen molar-refractivity contribution in [1.82, 2.24) is 0 Å². The second kappa shape index (κ2) is 4.38. The van der Waals surface area contributed by atoms with E-state index in [4.69, 9.17) is 4.74 Å². The molecule has 2 atom stereocenters. The predicted molar refractivity (Wildman–Crippen MR) is 59.4 cm³/mol. The molecule has 0 saturated carbocycles. The van der Waals surface area contributed by atoms with Gasteiger partial charge in [0.25, 0.3) is 0 Å². The third-order valence-corrected chi connectivity index (χ3v) is 3.62. The highest BCUT2D eigenvalue weighted by atomic mass is 16.5. The lowest BCUT2D eigenvalue weighted by Gasteiger charge is -2.35. The summed E-state index contributed by atoms with van der Waals surface area (Å²) in [5.74, 6) is 1.83. The maximum Gasteiger partial charge on any atom is 0.162 e. The van der Waals surface area contributed by atoms with E-state index in [1.54, 1.807) is 0 Å². The Bertz CT molecular complexity index is 291. The van der Waals surface area contributed by atoms with E-state index in [1.165, 1.54) is 0 Å². The van der Waals surface area contributed by atoms with Gasteiger partial charge in [-0.1, -0.05) is 13.8 Å². The molecule has 0 N–H and O–H groups in total. The molecule has 15 heavy (non-hydrogen) atoms. The zero-order chi connectivity index (χ0) is 10.8. The molecule has 1 aliphatic carbocycles. The lowest BCUT2D eigenvalue weighted by molar-refractivity contribution is -0.118. The summed E-state index contributed by atoms with van der Waals surface area (Å²) in [6.45, 7) is 4.34. The molecule has 0 aromatic carbocycles. The number of rotatable bonds is 2. The average Bonchev–Trinajstić information content (AvgIpc) is 2.27. The number of ether oxygens (including phenoxy) is 1. The molecule has 0 saturated heterocycles. The molecule has 1 aliphatic heterocycles. The first-order valence-corrected chi connectivity index (χ1v) is 6.19. The summed E-state index contributed by atoms with van der Waals surface area (Å²) in [7, 11) is 0. The SMILES string of the molecule is CCC1C[C@H](CC)C2=C(CCCC2=O)O1. The minimum atomic E-state index is 0.345. The lowest BCUT2D eigenvalue weighted by Crippen LogP contribution is -2.30. The normalized spacial score (nSPS) is 31.2. The summed E-state index contributed by atoms with van der Waals surface area (Å²) in [5, 5.41) is 0. The molecule has 0 bridgehead atoms. The summed E-state index contributed by atoms with van der Waals surface area (Å²) in [6, 6.07) is 0. The Hall–Kier alpha value is -0.790. The monoisotopic (exact) mass is 208 g/mol. The van der Waals surface area contributed by atoms with Gasteiger partial charge in [0, 0.05) is 18.4 Å². The Labute approximate surface area is 91.7 Å². The number of carbonyl (C=O) groups is 1. The van der Waals surface area contributed by atoms with Crippen molar-refractivity contribution in [2.75, 3.05) is 0 Å². The van der Waals surface area contributed by atoms with Crippen molar-refractivity contribution in [3.8, 4) is 0 Å². The fourth-order valence-electron chi connectivity index (χ4n) is 2.72. The summed E-state index contributed by atoms with van der Waals surface area (Å²) < 4.78 is 5.90. The largest absolute Gasteiger partial charge is 0.494 e. The van der Waals surface area contributed by atoms with E-state index in [0.29, 0.717) is 17.8 Å². The first kappa shape index (κ1) is 10.7. The highest BCUT2D eigenvalue weighted by Crippen LogP contribution is 2.38. The van der Waals surface area contributed by atoms with Crippen LogP contribution in [-0.2, 0) is 9.53 Å². The molecular formula is C13H20O2. The van der Waals surface area contributed by atoms with Crippen molar-refractivity contribution in [1.29, 1.82) is 0 Å². The first-order chi connectivity index (χ1) is 7.26. The fraction of sp³-hybridized carbons (Fsp3) is 0.769. The van der Waals surface area contributed by atoms with Crippen molar-refractivity contribution < 1.29 is 9.53 Å². The van der Waals surface area contributed by atoms with E-state index in [0.717, 1.165) is 49.9 Å². The second-order valence-corrected chi connectivity index (χ2v) is 4.60. The third-order valence-electron chi connectivity index (χ3n) is 3.62. The number of hydrogen-bond donors (Lipinski definition) is 0. The Balaban J connectivity index is 2.27. The molecule has 0 spiro atoms. The first-order valence-electron chi connectivity index (χ1n) is 6.19. The van der Waals surface area contributed by atoms with Crippen LogP contribution in [0.4, 0.5) is 0 Å². The van der Waals surface area contributed by atoms with E-state index in [2.05, 4.69) is 13.8 Å². The maximum atomic E-state index is 11.9. The molecule has 0 aromatic heterocycles. The molecule has 0 fully saturated rings. The number of hydrogen-bond acceptors (Lipinski definition) is 2. The van der Waals surface area contributed by atoms with Gasteiger partial charge in [0.05, 0.1) is 6.10 Å². The standard InChI is InChI=1S/C13H20O2/c1-3-9-8-10(4-2)15-12-7-5-6-11(14)13(9)12/h9-10H,3-8H2,1-2H3/t9-,10?/m0/s1. The van der Waals surface area contributed by atoms with Gasteiger partial charge < -0.3 is 4.74 Å². The van der Waals surface area contributed by atoms with Crippen molar-refractivity contribution >= 4 is 5.78 Å². The van der Waals surface area contributed by atoms with Crippen LogP contribution in [0.5, 0.6) is 0 Å². The van der Waals surface area contributed by atoms with Crippen LogP contribution in [-0.4, -0.2) is 11.9 Å². The fourth-order valence-corrected chi connectivity index (χ4v) is 2.72. The molecular weight excluding hydrogens is 188 g/mol. The quantitative estimate of drug-likeness (QED) is 0.696. The van der Waals surface area contributed by atoms with Crippen LogP contribution in [0.15, 0.2) is 11.3 Å². The van der Waals surface area contributed by atoms with Gasteiger partial charge in [-0.3, -0.25) is 4.79 Å². The number of Topliss-reactive ketones (excluding diaryl/α,β-unsaturated/α-hetero) is 1. The summed E-state index contributed by atoms with van der Waals surface area (Å²) in [4.78, 5) is 11.9.